The summed E-state index contributed by atoms with van der Waals surface area (Å²) in [5.41, 5.74) is 3.84. The summed E-state index contributed by atoms with van der Waals surface area (Å²) < 4.78 is 2.26. The molecule has 0 bridgehead atoms. The summed E-state index contributed by atoms with van der Waals surface area (Å²) >= 11 is 0. The van der Waals surface area contributed by atoms with Gasteiger partial charge in [-0.25, -0.2) is 0 Å². The van der Waals surface area contributed by atoms with Gasteiger partial charge < -0.3 is 20.1 Å². The van der Waals surface area contributed by atoms with E-state index in [0.29, 0.717) is 24.2 Å². The van der Waals surface area contributed by atoms with Crippen LogP contribution in [0.15, 0.2) is 79.3 Å². The molecule has 0 spiro atoms. The molecule has 2 amide bonds. The van der Waals surface area contributed by atoms with Gasteiger partial charge in [-0.15, -0.1) is 0 Å². The van der Waals surface area contributed by atoms with E-state index in [0.717, 1.165) is 56.6 Å². The van der Waals surface area contributed by atoms with Gasteiger partial charge >= 0.3 is 0 Å². The number of para-hydroxylation sites is 1. The maximum absolute atomic E-state index is 13.1. The van der Waals surface area contributed by atoms with Crippen molar-refractivity contribution >= 4 is 22.7 Å². The third-order valence-electron chi connectivity index (χ3n) is 7.41. The van der Waals surface area contributed by atoms with Crippen LogP contribution in [-0.2, 0) is 6.54 Å². The van der Waals surface area contributed by atoms with E-state index in [4.69, 9.17) is 0 Å². The topological polar surface area (TPSA) is 79.3 Å². The molecule has 7 nitrogen and oxygen atoms in total. The Hall–Kier alpha value is -3.97. The first-order valence-corrected chi connectivity index (χ1v) is 14.1. The molecule has 5 rings (SSSR count). The van der Waals surface area contributed by atoms with E-state index in [1.807, 2.05) is 30.3 Å². The Labute approximate surface area is 230 Å². The van der Waals surface area contributed by atoms with E-state index >= 15 is 0 Å². The molecule has 39 heavy (non-hydrogen) atoms. The number of amides is 2. The van der Waals surface area contributed by atoms with Gasteiger partial charge in [-0.3, -0.25) is 14.6 Å². The molecule has 202 valence electrons. The zero-order valence-electron chi connectivity index (χ0n) is 22.4. The van der Waals surface area contributed by atoms with E-state index in [9.17, 15) is 9.59 Å². The van der Waals surface area contributed by atoms with Crippen molar-refractivity contribution in [3.63, 3.8) is 0 Å². The second kappa shape index (κ2) is 13.2. The number of carbonyl (C=O) groups is 2. The van der Waals surface area contributed by atoms with Gasteiger partial charge in [0.2, 0.25) is 0 Å². The maximum Gasteiger partial charge on any atom is 0.252 e. The van der Waals surface area contributed by atoms with Gasteiger partial charge in [0.1, 0.15) is 0 Å². The van der Waals surface area contributed by atoms with Gasteiger partial charge in [-0.1, -0.05) is 36.4 Å². The second-order valence-corrected chi connectivity index (χ2v) is 10.2. The van der Waals surface area contributed by atoms with Crippen LogP contribution in [0.25, 0.3) is 22.0 Å². The summed E-state index contributed by atoms with van der Waals surface area (Å²) in [6, 6.07) is 19.8. The highest BCUT2D eigenvalue weighted by molar-refractivity contribution is 6.01. The molecule has 2 aromatic carbocycles. The van der Waals surface area contributed by atoms with E-state index in [2.05, 4.69) is 61.6 Å². The highest BCUT2D eigenvalue weighted by Crippen LogP contribution is 2.24. The van der Waals surface area contributed by atoms with E-state index in [1.54, 1.807) is 12.4 Å². The van der Waals surface area contributed by atoms with Gasteiger partial charge in [0.25, 0.3) is 11.8 Å². The van der Waals surface area contributed by atoms with Crippen LogP contribution >= 0.6 is 0 Å². The Bertz CT molecular complexity index is 1410. The summed E-state index contributed by atoms with van der Waals surface area (Å²) in [6.07, 6.45) is 10.7. The average Bonchev–Trinajstić information content (AvgIpc) is 3.65. The minimum absolute atomic E-state index is 0.117. The lowest BCUT2D eigenvalue weighted by atomic mass is 9.99. The minimum Gasteiger partial charge on any atom is -0.352 e. The third-order valence-corrected chi connectivity index (χ3v) is 7.41. The molecular weight excluding hydrogens is 486 g/mol. The molecule has 0 aliphatic carbocycles. The number of hydrogen-bond donors (Lipinski definition) is 2. The molecular formula is C32H37N5O2. The fraction of sp³-hybridized carbons (Fsp3) is 0.344. The van der Waals surface area contributed by atoms with Crippen LogP contribution in [0.5, 0.6) is 0 Å². The minimum atomic E-state index is -0.136. The number of pyridine rings is 1. The quantitative estimate of drug-likeness (QED) is 0.252. The van der Waals surface area contributed by atoms with Crippen molar-refractivity contribution < 1.29 is 9.59 Å². The third kappa shape index (κ3) is 6.92. The smallest absolute Gasteiger partial charge is 0.252 e. The van der Waals surface area contributed by atoms with Crippen LogP contribution in [0, 0.1) is 0 Å². The zero-order valence-corrected chi connectivity index (χ0v) is 22.4. The van der Waals surface area contributed by atoms with Crippen LogP contribution in [0.4, 0.5) is 0 Å². The van der Waals surface area contributed by atoms with Gasteiger partial charge in [0, 0.05) is 54.9 Å². The molecule has 2 N–H and O–H groups in total. The molecule has 0 radical (unpaired) electrons. The van der Waals surface area contributed by atoms with Gasteiger partial charge in [0.05, 0.1) is 5.56 Å². The monoisotopic (exact) mass is 523 g/mol. The molecule has 1 aliphatic rings. The number of benzene rings is 2. The van der Waals surface area contributed by atoms with Crippen molar-refractivity contribution in [2.24, 2.45) is 0 Å². The lowest BCUT2D eigenvalue weighted by Crippen LogP contribution is -2.28. The molecule has 1 fully saturated rings. The first-order chi connectivity index (χ1) is 19.2. The van der Waals surface area contributed by atoms with Gasteiger partial charge in [0.15, 0.2) is 0 Å². The van der Waals surface area contributed by atoms with Crippen molar-refractivity contribution in [3.05, 3.63) is 90.4 Å². The van der Waals surface area contributed by atoms with Crippen molar-refractivity contribution in [1.82, 2.24) is 25.1 Å². The number of aromatic nitrogens is 2. The summed E-state index contributed by atoms with van der Waals surface area (Å²) in [5.74, 6) is -0.253. The van der Waals surface area contributed by atoms with E-state index in [1.165, 1.54) is 23.7 Å². The number of rotatable bonds is 12. The van der Waals surface area contributed by atoms with Crippen molar-refractivity contribution in [3.8, 4) is 11.1 Å². The number of nitrogens with one attached hydrogen (secondary N) is 2. The van der Waals surface area contributed by atoms with Crippen LogP contribution in [-0.4, -0.2) is 59.0 Å². The summed E-state index contributed by atoms with van der Waals surface area (Å²) in [5, 5.41) is 7.33. The Morgan fingerprint density at radius 1 is 0.795 bits per heavy atom. The van der Waals surface area contributed by atoms with Crippen molar-refractivity contribution in [2.45, 2.75) is 38.6 Å². The Morgan fingerprint density at radius 3 is 2.46 bits per heavy atom. The number of unbranched alkanes of at least 4 members (excludes halogenated alkanes) is 1. The Kier molecular flexibility index (Phi) is 9.01. The van der Waals surface area contributed by atoms with Crippen LogP contribution in [0.3, 0.4) is 0 Å². The largest absolute Gasteiger partial charge is 0.352 e. The predicted octanol–water partition coefficient (Wildman–Crippen LogP) is 5.13. The first-order valence-electron chi connectivity index (χ1n) is 14.1. The zero-order chi connectivity index (χ0) is 26.9. The number of fused-ring (bicyclic) bond motifs is 1. The molecule has 0 saturated carbocycles. The molecule has 4 aromatic rings. The Balaban J connectivity index is 1.13. The highest BCUT2D eigenvalue weighted by Gasteiger charge is 2.15. The summed E-state index contributed by atoms with van der Waals surface area (Å²) in [7, 11) is 0. The molecule has 2 aromatic heterocycles. The fourth-order valence-corrected chi connectivity index (χ4v) is 5.30. The number of carbonyl (C=O) groups excluding carboxylic acids is 2. The summed E-state index contributed by atoms with van der Waals surface area (Å²) in [6.45, 7) is 5.50. The molecule has 3 heterocycles. The molecule has 7 heteroatoms. The van der Waals surface area contributed by atoms with Crippen molar-refractivity contribution in [1.29, 1.82) is 0 Å². The Morgan fingerprint density at radius 2 is 1.56 bits per heavy atom. The summed E-state index contributed by atoms with van der Waals surface area (Å²) in [4.78, 5) is 32.6. The lowest BCUT2D eigenvalue weighted by Gasteiger charge is -2.14. The molecule has 0 atom stereocenters. The van der Waals surface area contributed by atoms with Crippen molar-refractivity contribution in [2.75, 3.05) is 32.7 Å². The normalized spacial score (nSPS) is 13.5. The number of hydrogen-bond acceptors (Lipinski definition) is 4. The number of nitrogens with zero attached hydrogens (tertiary/aromatic N) is 3. The van der Waals surface area contributed by atoms with Gasteiger partial charge in [-0.05, 0) is 87.0 Å². The number of likely N-dealkylation sites (tertiary alicyclic amines) is 1. The number of aryl methyl sites for hydroxylation is 1. The first kappa shape index (κ1) is 26.6. The van der Waals surface area contributed by atoms with E-state index < -0.39 is 0 Å². The van der Waals surface area contributed by atoms with E-state index in [-0.39, 0.29) is 11.8 Å². The second-order valence-electron chi connectivity index (χ2n) is 10.2. The van der Waals surface area contributed by atoms with Crippen LogP contribution in [0.1, 0.15) is 52.8 Å². The SMILES string of the molecule is O=C(NCCCN1CCCC1)c1cncc(-c2ccccc2C(=O)NCCCCn2ccc3ccccc32)c1. The van der Waals surface area contributed by atoms with Crippen LogP contribution in [0.2, 0.25) is 0 Å². The maximum atomic E-state index is 13.1. The highest BCUT2D eigenvalue weighted by atomic mass is 16.2. The molecule has 0 unspecified atom stereocenters. The van der Waals surface area contributed by atoms with Crippen LogP contribution < -0.4 is 10.6 Å². The molecule has 1 aliphatic heterocycles. The average molecular weight is 524 g/mol. The predicted molar refractivity (Wildman–Crippen MR) is 156 cm³/mol. The van der Waals surface area contributed by atoms with Gasteiger partial charge in [-0.2, -0.15) is 0 Å². The molecule has 1 saturated heterocycles. The lowest BCUT2D eigenvalue weighted by molar-refractivity contribution is 0.0945. The fourth-order valence-electron chi connectivity index (χ4n) is 5.30. The standard InChI is InChI=1S/C32H37N5O2/c38-31(34-16-9-19-36-17-7-8-18-36)27-22-26(23-33-24-27)28-11-2-3-12-29(28)32(39)35-15-5-6-20-37-21-14-25-10-1-4-13-30(25)37/h1-4,10-14,21-24H,5-9,15-20H2,(H,34,38)(H,35,39).